The number of anilines is 2. The Labute approximate surface area is 201 Å². The second kappa shape index (κ2) is 8.99. The zero-order valence-electron chi connectivity index (χ0n) is 20.7. The Morgan fingerprint density at radius 1 is 1.03 bits per heavy atom. The Morgan fingerprint density at radius 2 is 1.82 bits per heavy atom. The van der Waals surface area contributed by atoms with Crippen LogP contribution in [0.25, 0.3) is 22.6 Å². The zero-order valence-corrected chi connectivity index (χ0v) is 20.7. The van der Waals surface area contributed by atoms with E-state index < -0.39 is 0 Å². The van der Waals surface area contributed by atoms with Crippen LogP contribution in [-0.2, 0) is 7.05 Å². The highest BCUT2D eigenvalue weighted by atomic mass is 15.2. The lowest BCUT2D eigenvalue weighted by molar-refractivity contribution is 0.313. The van der Waals surface area contributed by atoms with E-state index in [1.807, 2.05) is 14.1 Å². The lowest BCUT2D eigenvalue weighted by Crippen LogP contribution is -2.44. The van der Waals surface area contributed by atoms with Gasteiger partial charge < -0.3 is 24.7 Å². The molecule has 7 heteroatoms. The van der Waals surface area contributed by atoms with E-state index in [-0.39, 0.29) is 0 Å². The molecule has 0 radical (unpaired) electrons. The van der Waals surface area contributed by atoms with Crippen molar-refractivity contribution in [1.29, 1.82) is 0 Å². The molecule has 3 heterocycles. The van der Waals surface area contributed by atoms with Crippen molar-refractivity contribution in [1.82, 2.24) is 19.4 Å². The molecule has 2 N–H and O–H groups in total. The average molecular weight is 456 g/mol. The van der Waals surface area contributed by atoms with E-state index >= 15 is 0 Å². The number of hydrogen-bond acceptors (Lipinski definition) is 5. The standard InChI is InChI=1S/C27H33N7/c1-18-6-8-22(34-12-10-32(4)11-13-34)16-24(18)29-19(2)20-7-9-23-25(14-20)31-27(30-23)26-15-21(28-3)17-33(26)5/h6-9,14-17,28H,10-13H2,1-5H3,(H,30,31). The van der Waals surface area contributed by atoms with Gasteiger partial charge >= 0.3 is 0 Å². The third kappa shape index (κ3) is 4.31. The second-order valence-electron chi connectivity index (χ2n) is 9.25. The number of aromatic amines is 1. The van der Waals surface area contributed by atoms with Crippen LogP contribution in [0, 0.1) is 6.92 Å². The van der Waals surface area contributed by atoms with Crippen LogP contribution < -0.4 is 10.2 Å². The highest BCUT2D eigenvalue weighted by molar-refractivity contribution is 6.02. The number of rotatable bonds is 5. The number of hydrogen-bond donors (Lipinski definition) is 2. The van der Waals surface area contributed by atoms with Crippen LogP contribution in [-0.4, -0.2) is 65.4 Å². The molecule has 7 nitrogen and oxygen atoms in total. The third-order valence-electron chi connectivity index (χ3n) is 6.79. The molecule has 1 saturated heterocycles. The van der Waals surface area contributed by atoms with Gasteiger partial charge in [0.15, 0.2) is 5.82 Å². The summed E-state index contributed by atoms with van der Waals surface area (Å²) in [6.45, 7) is 8.50. The molecule has 4 aromatic rings. The second-order valence-corrected chi connectivity index (χ2v) is 9.25. The summed E-state index contributed by atoms with van der Waals surface area (Å²) in [5.41, 5.74) is 9.63. The number of aliphatic imine (C=N–C) groups is 1. The first-order chi connectivity index (χ1) is 16.4. The molecule has 2 aromatic carbocycles. The topological polar surface area (TPSA) is 64.5 Å². The van der Waals surface area contributed by atoms with Gasteiger partial charge in [-0.1, -0.05) is 12.1 Å². The van der Waals surface area contributed by atoms with Crippen molar-refractivity contribution in [2.45, 2.75) is 13.8 Å². The molecule has 0 spiro atoms. The number of nitrogens with one attached hydrogen (secondary N) is 2. The number of imidazole rings is 1. The normalized spacial score (nSPS) is 15.3. The van der Waals surface area contributed by atoms with E-state index in [4.69, 9.17) is 9.98 Å². The molecule has 0 saturated carbocycles. The van der Waals surface area contributed by atoms with Gasteiger partial charge in [-0.3, -0.25) is 4.99 Å². The Kier molecular flexibility index (Phi) is 5.87. The van der Waals surface area contributed by atoms with Gasteiger partial charge in [-0.2, -0.15) is 0 Å². The first-order valence-corrected chi connectivity index (χ1v) is 11.9. The van der Waals surface area contributed by atoms with E-state index in [0.717, 1.165) is 71.4 Å². The van der Waals surface area contributed by atoms with Crippen LogP contribution in [0.15, 0.2) is 53.7 Å². The van der Waals surface area contributed by atoms with Crippen LogP contribution >= 0.6 is 0 Å². The van der Waals surface area contributed by atoms with Gasteiger partial charge in [-0.15, -0.1) is 0 Å². The summed E-state index contributed by atoms with van der Waals surface area (Å²) in [5, 5.41) is 3.19. The van der Waals surface area contributed by atoms with Gasteiger partial charge in [0.2, 0.25) is 0 Å². The molecule has 0 bridgehead atoms. The van der Waals surface area contributed by atoms with Crippen molar-refractivity contribution < 1.29 is 0 Å². The summed E-state index contributed by atoms with van der Waals surface area (Å²) in [4.78, 5) is 18.2. The van der Waals surface area contributed by atoms with Crippen molar-refractivity contribution in [3.05, 3.63) is 59.8 Å². The quantitative estimate of drug-likeness (QED) is 0.424. The maximum Gasteiger partial charge on any atom is 0.155 e. The number of aromatic nitrogens is 3. The van der Waals surface area contributed by atoms with Crippen molar-refractivity contribution in [3.8, 4) is 11.5 Å². The Bertz CT molecular complexity index is 1350. The number of benzene rings is 2. The van der Waals surface area contributed by atoms with Crippen molar-refractivity contribution in [2.24, 2.45) is 12.0 Å². The van der Waals surface area contributed by atoms with Gasteiger partial charge in [0.1, 0.15) is 0 Å². The minimum Gasteiger partial charge on any atom is -0.387 e. The fourth-order valence-corrected chi connectivity index (χ4v) is 4.52. The summed E-state index contributed by atoms with van der Waals surface area (Å²) in [7, 11) is 6.14. The number of H-pyrrole nitrogens is 1. The Morgan fingerprint density at radius 3 is 2.56 bits per heavy atom. The summed E-state index contributed by atoms with van der Waals surface area (Å²) in [5.74, 6) is 0.862. The maximum atomic E-state index is 5.03. The Hall–Kier alpha value is -3.58. The molecule has 1 aliphatic rings. The SMILES string of the molecule is CNc1cc(-c2nc3ccc(C(C)=Nc4cc(N5CCN(C)CC5)ccc4C)cc3[nH]2)n(C)c1. The minimum atomic E-state index is 0.862. The van der Waals surface area contributed by atoms with Crippen LogP contribution in [0.5, 0.6) is 0 Å². The number of fused-ring (bicyclic) bond motifs is 1. The molecule has 1 aliphatic heterocycles. The molecular weight excluding hydrogens is 422 g/mol. The summed E-state index contributed by atoms with van der Waals surface area (Å²) in [6.07, 6.45) is 2.06. The molecule has 0 amide bonds. The van der Waals surface area contributed by atoms with E-state index in [2.05, 4.69) is 94.2 Å². The van der Waals surface area contributed by atoms with E-state index in [9.17, 15) is 0 Å². The average Bonchev–Trinajstić information content (AvgIpc) is 3.43. The smallest absolute Gasteiger partial charge is 0.155 e. The van der Waals surface area contributed by atoms with E-state index in [1.54, 1.807) is 0 Å². The monoisotopic (exact) mass is 455 g/mol. The first-order valence-electron chi connectivity index (χ1n) is 11.9. The van der Waals surface area contributed by atoms with Gasteiger partial charge in [0, 0.05) is 57.9 Å². The van der Waals surface area contributed by atoms with Gasteiger partial charge in [0.25, 0.3) is 0 Å². The summed E-state index contributed by atoms with van der Waals surface area (Å²) in [6, 6.07) is 15.0. The van der Waals surface area contributed by atoms with Crippen molar-refractivity contribution >= 4 is 33.8 Å². The van der Waals surface area contributed by atoms with Crippen molar-refractivity contribution in [3.63, 3.8) is 0 Å². The van der Waals surface area contributed by atoms with E-state index in [1.165, 1.54) is 11.3 Å². The fraction of sp³-hybridized carbons (Fsp3) is 0.333. The third-order valence-corrected chi connectivity index (χ3v) is 6.79. The fourth-order valence-electron chi connectivity index (χ4n) is 4.52. The minimum absolute atomic E-state index is 0.862. The van der Waals surface area contributed by atoms with Crippen LogP contribution in [0.1, 0.15) is 18.1 Å². The number of piperazine rings is 1. The summed E-state index contributed by atoms with van der Waals surface area (Å²) >= 11 is 0. The molecule has 0 unspecified atom stereocenters. The summed E-state index contributed by atoms with van der Waals surface area (Å²) < 4.78 is 2.08. The van der Waals surface area contributed by atoms with Gasteiger partial charge in [-0.25, -0.2) is 4.98 Å². The zero-order chi connectivity index (χ0) is 23.8. The highest BCUT2D eigenvalue weighted by Gasteiger charge is 2.15. The maximum absolute atomic E-state index is 5.03. The van der Waals surface area contributed by atoms with Crippen molar-refractivity contribution in [2.75, 3.05) is 50.5 Å². The molecular formula is C27H33N7. The Balaban J connectivity index is 1.44. The molecule has 2 aromatic heterocycles. The lowest BCUT2D eigenvalue weighted by Gasteiger charge is -2.34. The molecule has 0 aliphatic carbocycles. The molecule has 5 rings (SSSR count). The van der Waals surface area contributed by atoms with E-state index in [0.29, 0.717) is 0 Å². The van der Waals surface area contributed by atoms with Gasteiger partial charge in [0.05, 0.1) is 28.1 Å². The number of aryl methyl sites for hydroxylation is 2. The molecule has 0 atom stereocenters. The van der Waals surface area contributed by atoms with Gasteiger partial charge in [-0.05, 0) is 62.4 Å². The van der Waals surface area contributed by atoms with Crippen LogP contribution in [0.3, 0.4) is 0 Å². The van der Waals surface area contributed by atoms with Crippen LogP contribution in [0.2, 0.25) is 0 Å². The largest absolute Gasteiger partial charge is 0.387 e. The number of nitrogens with zero attached hydrogens (tertiary/aromatic N) is 5. The molecule has 34 heavy (non-hydrogen) atoms. The van der Waals surface area contributed by atoms with Crippen LogP contribution in [0.4, 0.5) is 17.1 Å². The number of likely N-dealkylation sites (N-methyl/N-ethyl adjacent to an activating group) is 1. The molecule has 176 valence electrons. The predicted octanol–water partition coefficient (Wildman–Crippen LogP) is 4.81. The lowest BCUT2D eigenvalue weighted by atomic mass is 10.1. The highest BCUT2D eigenvalue weighted by Crippen LogP contribution is 2.28. The first kappa shape index (κ1) is 22.2. The molecule has 1 fully saturated rings. The predicted molar refractivity (Wildman–Crippen MR) is 143 cm³/mol.